The zero-order valence-corrected chi connectivity index (χ0v) is 8.22. The van der Waals surface area contributed by atoms with Gasteiger partial charge in [-0.1, -0.05) is 6.08 Å². The van der Waals surface area contributed by atoms with E-state index in [0.717, 1.165) is 25.9 Å². The van der Waals surface area contributed by atoms with Gasteiger partial charge in [-0.05, 0) is 25.3 Å². The molecule has 1 atom stereocenters. The zero-order chi connectivity index (χ0) is 10.4. The molecule has 0 amide bonds. The van der Waals surface area contributed by atoms with E-state index in [4.69, 9.17) is 10.2 Å². The van der Waals surface area contributed by atoms with Gasteiger partial charge in [0.05, 0.1) is 0 Å². The van der Waals surface area contributed by atoms with Crippen LogP contribution in [0.25, 0.3) is 0 Å². The van der Waals surface area contributed by atoms with E-state index in [-0.39, 0.29) is 6.61 Å². The molecule has 4 nitrogen and oxygen atoms in total. The van der Waals surface area contributed by atoms with Gasteiger partial charge in [0, 0.05) is 25.8 Å². The number of hydrogen-bond acceptors (Lipinski definition) is 3. The number of nitrogens with zero attached hydrogens (tertiary/aromatic N) is 1. The van der Waals surface area contributed by atoms with Crippen LogP contribution in [0.2, 0.25) is 0 Å². The van der Waals surface area contributed by atoms with Crippen molar-refractivity contribution in [1.82, 2.24) is 4.90 Å². The molecule has 0 aliphatic carbocycles. The van der Waals surface area contributed by atoms with Gasteiger partial charge in [0.1, 0.15) is 0 Å². The van der Waals surface area contributed by atoms with E-state index in [1.54, 1.807) is 6.08 Å². The van der Waals surface area contributed by atoms with Gasteiger partial charge in [-0.15, -0.1) is 0 Å². The molecule has 0 aromatic carbocycles. The van der Waals surface area contributed by atoms with Gasteiger partial charge in [-0.3, -0.25) is 4.90 Å². The molecule has 1 saturated heterocycles. The van der Waals surface area contributed by atoms with Gasteiger partial charge in [-0.2, -0.15) is 0 Å². The van der Waals surface area contributed by atoms with Gasteiger partial charge in [0.25, 0.3) is 0 Å². The fraction of sp³-hybridized carbons (Fsp3) is 0.700. The van der Waals surface area contributed by atoms with Crippen LogP contribution in [-0.2, 0) is 4.79 Å². The van der Waals surface area contributed by atoms with Crippen molar-refractivity contribution in [2.75, 3.05) is 26.2 Å². The lowest BCUT2D eigenvalue weighted by molar-refractivity contribution is -0.131. The van der Waals surface area contributed by atoms with E-state index in [0.29, 0.717) is 12.5 Å². The molecule has 1 heterocycles. The number of aliphatic hydroxyl groups is 1. The molecule has 0 aromatic heterocycles. The van der Waals surface area contributed by atoms with E-state index in [1.165, 1.54) is 6.08 Å². The molecule has 0 aromatic rings. The predicted molar refractivity (Wildman–Crippen MR) is 53.0 cm³/mol. The molecule has 4 heteroatoms. The number of carboxylic acid groups (broad SMARTS) is 1. The largest absolute Gasteiger partial charge is 0.478 e. The first-order valence-corrected chi connectivity index (χ1v) is 4.95. The topological polar surface area (TPSA) is 60.8 Å². The average Bonchev–Trinajstić information content (AvgIpc) is 2.18. The maximum atomic E-state index is 10.2. The van der Waals surface area contributed by atoms with E-state index in [9.17, 15) is 4.79 Å². The lowest BCUT2D eigenvalue weighted by Gasteiger charge is -2.30. The van der Waals surface area contributed by atoms with E-state index in [1.807, 2.05) is 0 Å². The molecule has 80 valence electrons. The molecular weight excluding hydrogens is 182 g/mol. The summed E-state index contributed by atoms with van der Waals surface area (Å²) in [6.45, 7) is 2.78. The Bertz CT molecular complexity index is 215. The Balaban J connectivity index is 2.27. The molecule has 0 saturated carbocycles. The lowest BCUT2D eigenvalue weighted by atomic mass is 9.99. The number of carboxylic acids is 1. The fourth-order valence-corrected chi connectivity index (χ4v) is 1.77. The predicted octanol–water partition coefficient (Wildman–Crippen LogP) is 0.331. The maximum Gasteiger partial charge on any atom is 0.328 e. The van der Waals surface area contributed by atoms with Crippen LogP contribution in [-0.4, -0.2) is 47.3 Å². The van der Waals surface area contributed by atoms with E-state index in [2.05, 4.69) is 4.90 Å². The SMILES string of the molecule is O=C(O)/C=C/CN1CCCC(CO)C1. The second-order valence-corrected chi connectivity index (χ2v) is 3.69. The van der Waals surface area contributed by atoms with Gasteiger partial charge in [0.2, 0.25) is 0 Å². The Hall–Kier alpha value is -0.870. The van der Waals surface area contributed by atoms with Crippen LogP contribution in [0.3, 0.4) is 0 Å². The highest BCUT2D eigenvalue weighted by atomic mass is 16.4. The summed E-state index contributed by atoms with van der Waals surface area (Å²) in [4.78, 5) is 12.4. The number of piperidine rings is 1. The van der Waals surface area contributed by atoms with Crippen LogP contribution >= 0.6 is 0 Å². The fourth-order valence-electron chi connectivity index (χ4n) is 1.77. The van der Waals surface area contributed by atoms with Crippen molar-refractivity contribution in [3.05, 3.63) is 12.2 Å². The Labute approximate surface area is 83.8 Å². The lowest BCUT2D eigenvalue weighted by Crippen LogP contribution is -2.36. The molecule has 14 heavy (non-hydrogen) atoms. The molecule has 1 rings (SSSR count). The van der Waals surface area contributed by atoms with Crippen molar-refractivity contribution >= 4 is 5.97 Å². The van der Waals surface area contributed by atoms with Gasteiger partial charge < -0.3 is 10.2 Å². The van der Waals surface area contributed by atoms with Crippen molar-refractivity contribution in [1.29, 1.82) is 0 Å². The third-order valence-electron chi connectivity index (χ3n) is 2.49. The first-order valence-electron chi connectivity index (χ1n) is 4.95. The summed E-state index contributed by atoms with van der Waals surface area (Å²) < 4.78 is 0. The summed E-state index contributed by atoms with van der Waals surface area (Å²) in [6, 6.07) is 0. The zero-order valence-electron chi connectivity index (χ0n) is 8.22. The summed E-state index contributed by atoms with van der Waals surface area (Å²) in [5.74, 6) is -0.539. The molecule has 0 bridgehead atoms. The van der Waals surface area contributed by atoms with Crippen LogP contribution < -0.4 is 0 Å². The molecule has 0 spiro atoms. The summed E-state index contributed by atoms with van der Waals surface area (Å²) in [7, 11) is 0. The summed E-state index contributed by atoms with van der Waals surface area (Å²) in [5, 5.41) is 17.4. The summed E-state index contributed by atoms with van der Waals surface area (Å²) >= 11 is 0. The average molecular weight is 199 g/mol. The quantitative estimate of drug-likeness (QED) is 0.641. The van der Waals surface area contributed by atoms with Crippen molar-refractivity contribution in [3.63, 3.8) is 0 Å². The maximum absolute atomic E-state index is 10.2. The molecule has 1 fully saturated rings. The minimum absolute atomic E-state index is 0.235. The van der Waals surface area contributed by atoms with Crippen LogP contribution in [0.1, 0.15) is 12.8 Å². The smallest absolute Gasteiger partial charge is 0.328 e. The normalized spacial score (nSPS) is 24.2. The van der Waals surface area contributed by atoms with Crippen molar-refractivity contribution in [3.8, 4) is 0 Å². The minimum atomic E-state index is -0.902. The summed E-state index contributed by atoms with van der Waals surface area (Å²) in [5.41, 5.74) is 0. The molecule has 2 N–H and O–H groups in total. The van der Waals surface area contributed by atoms with Crippen LogP contribution in [0, 0.1) is 5.92 Å². The third-order valence-corrected chi connectivity index (χ3v) is 2.49. The second kappa shape index (κ2) is 5.78. The number of rotatable bonds is 4. The Morgan fingerprint density at radius 2 is 2.36 bits per heavy atom. The van der Waals surface area contributed by atoms with Crippen molar-refractivity contribution in [2.45, 2.75) is 12.8 Å². The van der Waals surface area contributed by atoms with Crippen molar-refractivity contribution < 1.29 is 15.0 Å². The van der Waals surface area contributed by atoms with Crippen LogP contribution in [0.4, 0.5) is 0 Å². The molecular formula is C10H17NO3. The van der Waals surface area contributed by atoms with E-state index >= 15 is 0 Å². The summed E-state index contributed by atoms with van der Waals surface area (Å²) in [6.07, 6.45) is 4.99. The first kappa shape index (κ1) is 11.2. The van der Waals surface area contributed by atoms with Gasteiger partial charge >= 0.3 is 5.97 Å². The van der Waals surface area contributed by atoms with Gasteiger partial charge in [-0.25, -0.2) is 4.79 Å². The molecule has 0 radical (unpaired) electrons. The van der Waals surface area contributed by atoms with Crippen LogP contribution in [0.15, 0.2) is 12.2 Å². The van der Waals surface area contributed by atoms with Gasteiger partial charge in [0.15, 0.2) is 0 Å². The Morgan fingerprint density at radius 3 is 3.00 bits per heavy atom. The number of aliphatic carboxylic acids is 1. The molecule has 1 aliphatic rings. The highest BCUT2D eigenvalue weighted by Gasteiger charge is 2.17. The third kappa shape index (κ3) is 3.89. The van der Waals surface area contributed by atoms with E-state index < -0.39 is 5.97 Å². The number of hydrogen-bond donors (Lipinski definition) is 2. The van der Waals surface area contributed by atoms with Crippen LogP contribution in [0.5, 0.6) is 0 Å². The molecule has 1 unspecified atom stereocenters. The first-order chi connectivity index (χ1) is 6.72. The second-order valence-electron chi connectivity index (χ2n) is 3.69. The standard InChI is InChI=1S/C10H17NO3/c12-8-9-3-1-5-11(7-9)6-2-4-10(13)14/h2,4,9,12H,1,3,5-8H2,(H,13,14)/b4-2+. The monoisotopic (exact) mass is 199 g/mol. The highest BCUT2D eigenvalue weighted by Crippen LogP contribution is 2.15. The minimum Gasteiger partial charge on any atom is -0.478 e. The Kier molecular flexibility index (Phi) is 4.62. The highest BCUT2D eigenvalue weighted by molar-refractivity contribution is 5.79. The molecule has 1 aliphatic heterocycles. The Morgan fingerprint density at radius 1 is 1.57 bits per heavy atom. The number of carbonyl (C=O) groups is 1. The number of aliphatic hydroxyl groups excluding tert-OH is 1. The number of likely N-dealkylation sites (tertiary alicyclic amines) is 1. The van der Waals surface area contributed by atoms with Crippen molar-refractivity contribution in [2.24, 2.45) is 5.92 Å².